The van der Waals surface area contributed by atoms with E-state index in [0.29, 0.717) is 29.7 Å². The fraction of sp³-hybridized carbons (Fsp3) is 0.941. The normalized spacial score (nSPS) is 46.4. The summed E-state index contributed by atoms with van der Waals surface area (Å²) in [6.07, 6.45) is 10.7. The van der Waals surface area contributed by atoms with Crippen molar-refractivity contribution in [1.29, 1.82) is 0 Å². The molecular weight excluding hydrogens is 248 g/mol. The van der Waals surface area contributed by atoms with Crippen molar-refractivity contribution >= 4 is 5.91 Å². The first-order valence-corrected chi connectivity index (χ1v) is 8.80. The Morgan fingerprint density at radius 2 is 1.70 bits per heavy atom. The minimum atomic E-state index is 0.353. The molecule has 20 heavy (non-hydrogen) atoms. The fourth-order valence-electron chi connectivity index (χ4n) is 5.79. The van der Waals surface area contributed by atoms with E-state index in [1.54, 1.807) is 0 Å². The van der Waals surface area contributed by atoms with Crippen LogP contribution in [0.5, 0.6) is 0 Å². The van der Waals surface area contributed by atoms with E-state index in [-0.39, 0.29) is 0 Å². The highest BCUT2D eigenvalue weighted by Crippen LogP contribution is 2.56. The van der Waals surface area contributed by atoms with E-state index in [1.165, 1.54) is 51.4 Å². The van der Waals surface area contributed by atoms with E-state index >= 15 is 0 Å². The molecule has 2 N–H and O–H groups in total. The summed E-state index contributed by atoms with van der Waals surface area (Å²) in [4.78, 5) is 12.6. The van der Waals surface area contributed by atoms with Crippen molar-refractivity contribution in [2.75, 3.05) is 13.1 Å². The van der Waals surface area contributed by atoms with Crippen molar-refractivity contribution in [3.8, 4) is 0 Å². The van der Waals surface area contributed by atoms with Gasteiger partial charge in [-0.3, -0.25) is 4.79 Å². The lowest BCUT2D eigenvalue weighted by Gasteiger charge is -2.53. The van der Waals surface area contributed by atoms with Crippen LogP contribution in [0.3, 0.4) is 0 Å². The number of amides is 1. The van der Waals surface area contributed by atoms with E-state index < -0.39 is 0 Å². The van der Waals surface area contributed by atoms with Crippen molar-refractivity contribution in [2.45, 2.75) is 57.4 Å². The predicted octanol–water partition coefficient (Wildman–Crippen LogP) is 2.32. The summed E-state index contributed by atoms with van der Waals surface area (Å²) < 4.78 is 0. The third-order valence-corrected chi connectivity index (χ3v) is 6.46. The van der Waals surface area contributed by atoms with Gasteiger partial charge in [-0.2, -0.15) is 0 Å². The number of nitrogens with one attached hydrogen (secondary N) is 2. The lowest BCUT2D eigenvalue weighted by molar-refractivity contribution is -0.138. The van der Waals surface area contributed by atoms with Crippen molar-refractivity contribution in [3.05, 3.63) is 0 Å². The van der Waals surface area contributed by atoms with Crippen LogP contribution in [0.1, 0.15) is 51.4 Å². The van der Waals surface area contributed by atoms with E-state index in [0.717, 1.165) is 24.9 Å². The van der Waals surface area contributed by atoms with Gasteiger partial charge in [-0.1, -0.05) is 6.42 Å². The van der Waals surface area contributed by atoms with Crippen molar-refractivity contribution in [1.82, 2.24) is 10.6 Å². The van der Waals surface area contributed by atoms with E-state index in [2.05, 4.69) is 10.6 Å². The molecule has 1 amide bonds. The lowest BCUT2D eigenvalue weighted by Crippen LogP contribution is -2.52. The molecule has 0 radical (unpaired) electrons. The first-order chi connectivity index (χ1) is 9.79. The Kier molecular flexibility index (Phi) is 3.49. The van der Waals surface area contributed by atoms with E-state index in [9.17, 15) is 4.79 Å². The minimum Gasteiger partial charge on any atom is -0.354 e. The van der Waals surface area contributed by atoms with Crippen molar-refractivity contribution in [2.24, 2.45) is 29.6 Å². The topological polar surface area (TPSA) is 41.1 Å². The quantitative estimate of drug-likeness (QED) is 0.830. The van der Waals surface area contributed by atoms with E-state index in [4.69, 9.17) is 0 Å². The van der Waals surface area contributed by atoms with Crippen molar-refractivity contribution < 1.29 is 4.79 Å². The molecule has 3 heteroatoms. The van der Waals surface area contributed by atoms with Gasteiger partial charge in [0.1, 0.15) is 0 Å². The molecule has 0 aromatic carbocycles. The molecule has 4 saturated carbocycles. The molecule has 0 spiro atoms. The SMILES string of the molecule is O=C(NCC1CCCCN1)C1C2CC3CC(C2)CC1C3. The van der Waals surface area contributed by atoms with E-state index in [1.807, 2.05) is 0 Å². The van der Waals surface area contributed by atoms with Crippen molar-refractivity contribution in [3.63, 3.8) is 0 Å². The third kappa shape index (κ3) is 2.38. The van der Waals surface area contributed by atoms with Crippen LogP contribution >= 0.6 is 0 Å². The summed E-state index contributed by atoms with van der Waals surface area (Å²) in [6.45, 7) is 1.97. The average Bonchev–Trinajstić information content (AvgIpc) is 2.45. The Balaban J connectivity index is 1.34. The maximum atomic E-state index is 12.6. The smallest absolute Gasteiger partial charge is 0.223 e. The number of hydrogen-bond donors (Lipinski definition) is 2. The first-order valence-electron chi connectivity index (χ1n) is 8.80. The maximum absolute atomic E-state index is 12.6. The molecule has 5 aliphatic rings. The molecule has 1 aliphatic heterocycles. The van der Waals surface area contributed by atoms with Gasteiger partial charge >= 0.3 is 0 Å². The molecule has 1 atom stereocenters. The maximum Gasteiger partial charge on any atom is 0.223 e. The summed E-state index contributed by atoms with van der Waals surface area (Å²) in [5.41, 5.74) is 0. The number of hydrogen-bond acceptors (Lipinski definition) is 2. The van der Waals surface area contributed by atoms with Crippen LogP contribution in [0.15, 0.2) is 0 Å². The fourth-order valence-corrected chi connectivity index (χ4v) is 5.79. The lowest BCUT2D eigenvalue weighted by atomic mass is 9.51. The highest BCUT2D eigenvalue weighted by Gasteiger charge is 2.50. The molecular formula is C17H28N2O. The van der Waals surface area contributed by atoms with Gasteiger partial charge in [-0.15, -0.1) is 0 Å². The van der Waals surface area contributed by atoms with Gasteiger partial charge in [0.25, 0.3) is 0 Å². The van der Waals surface area contributed by atoms with Crippen LogP contribution in [-0.4, -0.2) is 25.0 Å². The van der Waals surface area contributed by atoms with Gasteiger partial charge in [0.05, 0.1) is 0 Å². The van der Waals surface area contributed by atoms with Gasteiger partial charge < -0.3 is 10.6 Å². The van der Waals surface area contributed by atoms with Gasteiger partial charge in [0, 0.05) is 18.5 Å². The second kappa shape index (κ2) is 5.32. The molecule has 1 saturated heterocycles. The Morgan fingerprint density at radius 1 is 1.00 bits per heavy atom. The van der Waals surface area contributed by atoms with Gasteiger partial charge in [-0.25, -0.2) is 0 Å². The second-order valence-electron chi connectivity index (χ2n) is 7.85. The van der Waals surface area contributed by atoms with Crippen LogP contribution in [0.4, 0.5) is 0 Å². The minimum absolute atomic E-state index is 0.353. The number of rotatable bonds is 3. The first kappa shape index (κ1) is 13.1. The molecule has 1 unspecified atom stereocenters. The second-order valence-corrected chi connectivity index (χ2v) is 7.85. The van der Waals surface area contributed by atoms with Crippen LogP contribution < -0.4 is 10.6 Å². The summed E-state index contributed by atoms with van der Waals surface area (Å²) >= 11 is 0. The largest absolute Gasteiger partial charge is 0.354 e. The molecule has 1 heterocycles. The van der Waals surface area contributed by atoms with Crippen LogP contribution in [0, 0.1) is 29.6 Å². The Morgan fingerprint density at radius 3 is 2.30 bits per heavy atom. The molecule has 3 nitrogen and oxygen atoms in total. The summed E-state index contributed by atoms with van der Waals surface area (Å²) in [5, 5.41) is 6.81. The van der Waals surface area contributed by atoms with Gasteiger partial charge in [-0.05, 0) is 75.2 Å². The molecule has 112 valence electrons. The van der Waals surface area contributed by atoms with Gasteiger partial charge in [0.15, 0.2) is 0 Å². The summed E-state index contributed by atoms with van der Waals surface area (Å²) in [6, 6.07) is 0.518. The predicted molar refractivity (Wildman–Crippen MR) is 79.2 cm³/mol. The summed E-state index contributed by atoms with van der Waals surface area (Å²) in [5.74, 6) is 4.08. The van der Waals surface area contributed by atoms with Crippen LogP contribution in [0.25, 0.3) is 0 Å². The standard InChI is InChI=1S/C17H28N2O/c20-17(19-10-15-3-1-2-4-18-15)16-13-6-11-5-12(8-13)9-14(16)7-11/h11-16,18H,1-10H2,(H,19,20). The molecule has 5 fully saturated rings. The third-order valence-electron chi connectivity index (χ3n) is 6.46. The Bertz CT molecular complexity index is 347. The average molecular weight is 276 g/mol. The number of piperidine rings is 1. The van der Waals surface area contributed by atoms with Gasteiger partial charge in [0.2, 0.25) is 5.91 Å². The Labute approximate surface area is 122 Å². The number of carbonyl (C=O) groups excluding carboxylic acids is 1. The highest BCUT2D eigenvalue weighted by atomic mass is 16.1. The monoisotopic (exact) mass is 276 g/mol. The zero-order valence-corrected chi connectivity index (χ0v) is 12.4. The molecule has 0 aromatic heterocycles. The molecule has 0 aromatic rings. The Hall–Kier alpha value is -0.570. The zero-order chi connectivity index (χ0) is 13.5. The molecule has 4 bridgehead atoms. The molecule has 4 aliphatic carbocycles. The number of carbonyl (C=O) groups is 1. The van der Waals surface area contributed by atoms with Crippen LogP contribution in [0.2, 0.25) is 0 Å². The molecule has 5 rings (SSSR count). The zero-order valence-electron chi connectivity index (χ0n) is 12.4. The summed E-state index contributed by atoms with van der Waals surface area (Å²) in [7, 11) is 0. The highest BCUT2D eigenvalue weighted by molar-refractivity contribution is 5.79. The van der Waals surface area contributed by atoms with Crippen LogP contribution in [-0.2, 0) is 4.79 Å².